The lowest BCUT2D eigenvalue weighted by Crippen LogP contribution is -2.14. The van der Waals surface area contributed by atoms with Crippen LogP contribution in [0.1, 0.15) is 5.56 Å². The monoisotopic (exact) mass is 296 g/mol. The quantitative estimate of drug-likeness (QED) is 0.391. The van der Waals surface area contributed by atoms with Crippen molar-refractivity contribution in [1.29, 1.82) is 0 Å². The molecule has 0 aliphatic rings. The van der Waals surface area contributed by atoms with Crippen LogP contribution < -0.4 is 10.5 Å². The van der Waals surface area contributed by atoms with E-state index >= 15 is 0 Å². The third-order valence-electron chi connectivity index (χ3n) is 2.35. The molecule has 0 atom stereocenters. The highest BCUT2D eigenvalue weighted by molar-refractivity contribution is 6.31. The van der Waals surface area contributed by atoms with Crippen LogP contribution in [0.5, 0.6) is 11.5 Å². The van der Waals surface area contributed by atoms with E-state index in [1.54, 1.807) is 42.5 Å². The molecule has 0 saturated heterocycles. The fourth-order valence-electron chi connectivity index (χ4n) is 1.50. The van der Waals surface area contributed by atoms with Gasteiger partial charge in [0.15, 0.2) is 5.84 Å². The molecule has 6 heteroatoms. The van der Waals surface area contributed by atoms with Crippen molar-refractivity contribution in [1.82, 2.24) is 0 Å². The third-order valence-corrected chi connectivity index (χ3v) is 2.82. The number of nitrogens with two attached hydrogens (primary N) is 1. The maximum Gasteiger partial charge on any atom is 0.173 e. The molecule has 2 aromatic rings. The molecule has 0 bridgehead atoms. The molecule has 4 nitrogen and oxygen atoms in total. The van der Waals surface area contributed by atoms with Gasteiger partial charge in [-0.2, -0.15) is 0 Å². The van der Waals surface area contributed by atoms with Gasteiger partial charge >= 0.3 is 0 Å². The van der Waals surface area contributed by atoms with E-state index in [1.165, 1.54) is 0 Å². The Hall–Kier alpha value is -1.91. The number of ether oxygens (including phenoxy) is 1. The molecule has 0 amide bonds. The predicted molar refractivity (Wildman–Crippen MR) is 75.5 cm³/mol. The molecule has 2 aromatic carbocycles. The SMILES string of the molecule is NC(=NO)c1cc(Cl)ccc1Oc1cccc(Cl)c1. The summed E-state index contributed by atoms with van der Waals surface area (Å²) in [6, 6.07) is 11.7. The van der Waals surface area contributed by atoms with Crippen molar-refractivity contribution in [3.8, 4) is 11.5 Å². The molecule has 0 saturated carbocycles. The largest absolute Gasteiger partial charge is 0.457 e. The Bertz CT molecular complexity index is 630. The minimum atomic E-state index is -0.0838. The van der Waals surface area contributed by atoms with Crippen molar-refractivity contribution in [2.45, 2.75) is 0 Å². The summed E-state index contributed by atoms with van der Waals surface area (Å²) < 4.78 is 5.65. The molecule has 98 valence electrons. The van der Waals surface area contributed by atoms with Gasteiger partial charge in [0.1, 0.15) is 11.5 Å². The van der Waals surface area contributed by atoms with E-state index in [9.17, 15) is 0 Å². The van der Waals surface area contributed by atoms with Crippen molar-refractivity contribution < 1.29 is 9.94 Å². The van der Waals surface area contributed by atoms with Gasteiger partial charge in [-0.15, -0.1) is 0 Å². The summed E-state index contributed by atoms with van der Waals surface area (Å²) in [4.78, 5) is 0. The number of halogens is 2. The summed E-state index contributed by atoms with van der Waals surface area (Å²) in [5.74, 6) is 0.878. The van der Waals surface area contributed by atoms with Gasteiger partial charge in [-0.3, -0.25) is 0 Å². The van der Waals surface area contributed by atoms with Crippen molar-refractivity contribution >= 4 is 29.0 Å². The zero-order valence-corrected chi connectivity index (χ0v) is 11.2. The molecule has 0 spiro atoms. The third kappa shape index (κ3) is 3.30. The molecule has 2 rings (SSSR count). The Morgan fingerprint density at radius 1 is 1.11 bits per heavy atom. The average Bonchev–Trinajstić information content (AvgIpc) is 2.40. The molecule has 0 heterocycles. The van der Waals surface area contributed by atoms with E-state index in [0.29, 0.717) is 27.1 Å². The molecule has 0 aliphatic carbocycles. The zero-order valence-electron chi connectivity index (χ0n) is 9.68. The van der Waals surface area contributed by atoms with Crippen LogP contribution >= 0.6 is 23.2 Å². The predicted octanol–water partition coefficient (Wildman–Crippen LogP) is 3.88. The maximum absolute atomic E-state index is 8.76. The molecule has 19 heavy (non-hydrogen) atoms. The van der Waals surface area contributed by atoms with Gasteiger partial charge in [-0.1, -0.05) is 34.4 Å². The second kappa shape index (κ2) is 5.82. The molecule has 0 radical (unpaired) electrons. The van der Waals surface area contributed by atoms with Crippen molar-refractivity contribution in [2.75, 3.05) is 0 Å². The average molecular weight is 297 g/mol. The van der Waals surface area contributed by atoms with Gasteiger partial charge in [0, 0.05) is 10.0 Å². The van der Waals surface area contributed by atoms with Gasteiger partial charge < -0.3 is 15.7 Å². The minimum Gasteiger partial charge on any atom is -0.457 e. The molecular weight excluding hydrogens is 287 g/mol. The number of hydrogen-bond donors (Lipinski definition) is 2. The van der Waals surface area contributed by atoms with Gasteiger partial charge in [-0.05, 0) is 36.4 Å². The Balaban J connectivity index is 2.40. The second-order valence-electron chi connectivity index (χ2n) is 3.69. The van der Waals surface area contributed by atoms with Crippen molar-refractivity contribution in [3.63, 3.8) is 0 Å². The van der Waals surface area contributed by atoms with Gasteiger partial charge in [0.05, 0.1) is 5.56 Å². The number of amidine groups is 1. The van der Waals surface area contributed by atoms with Gasteiger partial charge in [0.25, 0.3) is 0 Å². The fourth-order valence-corrected chi connectivity index (χ4v) is 1.86. The van der Waals surface area contributed by atoms with Crippen LogP contribution in [0, 0.1) is 0 Å². The summed E-state index contributed by atoms with van der Waals surface area (Å²) in [7, 11) is 0. The number of benzene rings is 2. The first-order valence-corrected chi connectivity index (χ1v) is 6.06. The van der Waals surface area contributed by atoms with E-state index in [4.69, 9.17) is 38.9 Å². The first kappa shape index (κ1) is 13.5. The van der Waals surface area contributed by atoms with E-state index in [-0.39, 0.29) is 5.84 Å². The number of hydrogen-bond acceptors (Lipinski definition) is 3. The maximum atomic E-state index is 8.76. The summed E-state index contributed by atoms with van der Waals surface area (Å²) >= 11 is 11.8. The summed E-state index contributed by atoms with van der Waals surface area (Å²) in [6.45, 7) is 0. The fraction of sp³-hybridized carbons (Fsp3) is 0. The Morgan fingerprint density at radius 3 is 2.53 bits per heavy atom. The van der Waals surface area contributed by atoms with Crippen LogP contribution in [0.4, 0.5) is 0 Å². The second-order valence-corrected chi connectivity index (χ2v) is 4.56. The normalized spacial score (nSPS) is 11.4. The Morgan fingerprint density at radius 2 is 1.84 bits per heavy atom. The summed E-state index contributed by atoms with van der Waals surface area (Å²) in [6.07, 6.45) is 0. The summed E-state index contributed by atoms with van der Waals surface area (Å²) in [5, 5.41) is 12.7. The van der Waals surface area contributed by atoms with Crippen molar-refractivity contribution in [2.24, 2.45) is 10.9 Å². The van der Waals surface area contributed by atoms with Crippen LogP contribution in [-0.4, -0.2) is 11.0 Å². The minimum absolute atomic E-state index is 0.0838. The van der Waals surface area contributed by atoms with E-state index in [1.807, 2.05) is 0 Å². The lowest BCUT2D eigenvalue weighted by atomic mass is 10.2. The highest BCUT2D eigenvalue weighted by Crippen LogP contribution is 2.29. The van der Waals surface area contributed by atoms with Crippen LogP contribution in [-0.2, 0) is 0 Å². The molecule has 0 aliphatic heterocycles. The van der Waals surface area contributed by atoms with Crippen LogP contribution in [0.3, 0.4) is 0 Å². The first-order valence-electron chi connectivity index (χ1n) is 5.31. The summed E-state index contributed by atoms with van der Waals surface area (Å²) in [5.41, 5.74) is 5.98. The highest BCUT2D eigenvalue weighted by atomic mass is 35.5. The Labute approximate surface area is 120 Å². The molecule has 3 N–H and O–H groups in total. The lowest BCUT2D eigenvalue weighted by molar-refractivity contribution is 0.318. The zero-order chi connectivity index (χ0) is 13.8. The van der Waals surface area contributed by atoms with Crippen LogP contribution in [0.2, 0.25) is 10.0 Å². The number of oxime groups is 1. The molecular formula is C13H10Cl2N2O2. The van der Waals surface area contributed by atoms with E-state index < -0.39 is 0 Å². The molecule has 0 fully saturated rings. The smallest absolute Gasteiger partial charge is 0.173 e. The van der Waals surface area contributed by atoms with E-state index in [0.717, 1.165) is 0 Å². The number of rotatable bonds is 3. The highest BCUT2D eigenvalue weighted by Gasteiger charge is 2.10. The van der Waals surface area contributed by atoms with Crippen molar-refractivity contribution in [3.05, 3.63) is 58.1 Å². The lowest BCUT2D eigenvalue weighted by Gasteiger charge is -2.10. The number of nitrogens with zero attached hydrogens (tertiary/aromatic N) is 1. The topological polar surface area (TPSA) is 67.8 Å². The van der Waals surface area contributed by atoms with Gasteiger partial charge in [0.2, 0.25) is 0 Å². The van der Waals surface area contributed by atoms with Gasteiger partial charge in [-0.25, -0.2) is 0 Å². The standard InChI is InChI=1S/C13H10Cl2N2O2/c14-8-2-1-3-10(6-8)19-12-5-4-9(15)7-11(12)13(16)17-18/h1-7,18H,(H2,16,17). The van der Waals surface area contributed by atoms with E-state index in [2.05, 4.69) is 5.16 Å². The molecule has 0 aromatic heterocycles. The van der Waals surface area contributed by atoms with Crippen LogP contribution in [0.25, 0.3) is 0 Å². The first-order chi connectivity index (χ1) is 9.10. The van der Waals surface area contributed by atoms with Crippen LogP contribution in [0.15, 0.2) is 47.6 Å². The molecule has 0 unspecified atom stereocenters. The Kier molecular flexibility index (Phi) is 4.14.